The predicted molar refractivity (Wildman–Crippen MR) is 116 cm³/mol. The summed E-state index contributed by atoms with van der Waals surface area (Å²) in [5, 5.41) is 0. The zero-order valence-electron chi connectivity index (χ0n) is 17.3. The SMILES string of the molecule is COc1ccc(OC)c(/C=C/C(=O)N2CCN(Cc3cn4ccccc4n3)CC2)c1. The first kappa shape index (κ1) is 20.0. The van der Waals surface area contributed by atoms with E-state index in [1.807, 2.05) is 51.9 Å². The van der Waals surface area contributed by atoms with Crippen LogP contribution in [0, 0.1) is 0 Å². The fourth-order valence-electron chi connectivity index (χ4n) is 3.65. The third kappa shape index (κ3) is 4.46. The van der Waals surface area contributed by atoms with E-state index in [2.05, 4.69) is 16.1 Å². The maximum absolute atomic E-state index is 12.6. The summed E-state index contributed by atoms with van der Waals surface area (Å²) in [5.74, 6) is 1.44. The third-order valence-electron chi connectivity index (χ3n) is 5.33. The Kier molecular flexibility index (Phi) is 5.99. The number of fused-ring (bicyclic) bond motifs is 1. The average Bonchev–Trinajstić information content (AvgIpc) is 3.20. The van der Waals surface area contributed by atoms with E-state index in [1.54, 1.807) is 26.4 Å². The van der Waals surface area contributed by atoms with Gasteiger partial charge >= 0.3 is 0 Å². The zero-order valence-corrected chi connectivity index (χ0v) is 17.3. The number of carbonyl (C=O) groups excluding carboxylic acids is 1. The van der Waals surface area contributed by atoms with E-state index in [0.29, 0.717) is 18.8 Å². The Balaban J connectivity index is 1.33. The van der Waals surface area contributed by atoms with Gasteiger partial charge in [-0.25, -0.2) is 4.98 Å². The minimum absolute atomic E-state index is 0.00672. The second-order valence-electron chi connectivity index (χ2n) is 7.24. The molecule has 4 rings (SSSR count). The van der Waals surface area contributed by atoms with Crippen molar-refractivity contribution < 1.29 is 14.3 Å². The molecule has 0 atom stereocenters. The van der Waals surface area contributed by atoms with Gasteiger partial charge in [-0.1, -0.05) is 6.07 Å². The second-order valence-corrected chi connectivity index (χ2v) is 7.24. The van der Waals surface area contributed by atoms with Crippen LogP contribution in [0.25, 0.3) is 11.7 Å². The Morgan fingerprint density at radius 2 is 1.93 bits per heavy atom. The summed E-state index contributed by atoms with van der Waals surface area (Å²) in [5.41, 5.74) is 2.82. The molecule has 7 nitrogen and oxygen atoms in total. The van der Waals surface area contributed by atoms with E-state index in [1.165, 1.54) is 0 Å². The lowest BCUT2D eigenvalue weighted by molar-refractivity contribution is -0.127. The molecule has 0 spiro atoms. The number of benzene rings is 1. The molecule has 7 heteroatoms. The highest BCUT2D eigenvalue weighted by molar-refractivity contribution is 5.92. The number of amides is 1. The van der Waals surface area contributed by atoms with Crippen LogP contribution in [0.3, 0.4) is 0 Å². The van der Waals surface area contributed by atoms with Gasteiger partial charge < -0.3 is 18.8 Å². The van der Waals surface area contributed by atoms with Gasteiger partial charge in [-0.05, 0) is 36.4 Å². The van der Waals surface area contributed by atoms with E-state index >= 15 is 0 Å². The van der Waals surface area contributed by atoms with Gasteiger partial charge in [0.25, 0.3) is 0 Å². The van der Waals surface area contributed by atoms with E-state index in [9.17, 15) is 4.79 Å². The number of imidazole rings is 1. The first-order valence-electron chi connectivity index (χ1n) is 10.0. The number of piperazine rings is 1. The highest BCUT2D eigenvalue weighted by Crippen LogP contribution is 2.25. The number of nitrogens with zero attached hydrogens (tertiary/aromatic N) is 4. The Labute approximate surface area is 176 Å². The van der Waals surface area contributed by atoms with Crippen LogP contribution < -0.4 is 9.47 Å². The van der Waals surface area contributed by atoms with E-state index < -0.39 is 0 Å². The molecule has 0 aliphatic carbocycles. The van der Waals surface area contributed by atoms with Crippen molar-refractivity contribution in [1.29, 1.82) is 0 Å². The average molecular weight is 406 g/mol. The Hall–Kier alpha value is -3.32. The number of pyridine rings is 1. The molecule has 2 aromatic heterocycles. The number of hydrogen-bond acceptors (Lipinski definition) is 5. The molecule has 1 aliphatic heterocycles. The number of aromatic nitrogens is 2. The summed E-state index contributed by atoms with van der Waals surface area (Å²) in [4.78, 5) is 21.5. The van der Waals surface area contributed by atoms with Gasteiger partial charge in [0.05, 0.1) is 19.9 Å². The molecular weight excluding hydrogens is 380 g/mol. The van der Waals surface area contributed by atoms with E-state index in [-0.39, 0.29) is 5.91 Å². The van der Waals surface area contributed by atoms with Gasteiger partial charge in [0.1, 0.15) is 17.1 Å². The smallest absolute Gasteiger partial charge is 0.246 e. The second kappa shape index (κ2) is 9.00. The van der Waals surface area contributed by atoms with Crippen molar-refractivity contribution in [2.75, 3.05) is 40.4 Å². The largest absolute Gasteiger partial charge is 0.497 e. The van der Waals surface area contributed by atoms with Crippen molar-refractivity contribution >= 4 is 17.6 Å². The van der Waals surface area contributed by atoms with Crippen LogP contribution in [0.1, 0.15) is 11.3 Å². The third-order valence-corrected chi connectivity index (χ3v) is 5.33. The highest BCUT2D eigenvalue weighted by atomic mass is 16.5. The van der Waals surface area contributed by atoms with Crippen molar-refractivity contribution in [2.24, 2.45) is 0 Å². The lowest BCUT2D eigenvalue weighted by atomic mass is 10.1. The van der Waals surface area contributed by atoms with Gasteiger partial charge in [0.2, 0.25) is 5.91 Å². The molecule has 0 bridgehead atoms. The zero-order chi connectivity index (χ0) is 20.9. The standard InChI is InChI=1S/C23H26N4O3/c1-29-20-7-8-21(30-2)18(15-20)6-9-23(28)26-13-11-25(12-14-26)16-19-17-27-10-4-3-5-22(27)24-19/h3-10,15,17H,11-14,16H2,1-2H3/b9-6+. The lowest BCUT2D eigenvalue weighted by Gasteiger charge is -2.33. The molecular formula is C23H26N4O3. The van der Waals surface area contributed by atoms with E-state index in [4.69, 9.17) is 9.47 Å². The summed E-state index contributed by atoms with van der Waals surface area (Å²) in [7, 11) is 3.23. The number of methoxy groups -OCH3 is 2. The summed E-state index contributed by atoms with van der Waals surface area (Å²) < 4.78 is 12.7. The fraction of sp³-hybridized carbons (Fsp3) is 0.304. The fourth-order valence-corrected chi connectivity index (χ4v) is 3.65. The molecule has 1 aliphatic rings. The molecule has 0 saturated carbocycles. The summed E-state index contributed by atoms with van der Waals surface area (Å²) in [6, 6.07) is 11.5. The van der Waals surface area contributed by atoms with Crippen LogP contribution in [0.15, 0.2) is 54.9 Å². The summed E-state index contributed by atoms with van der Waals surface area (Å²) in [6.07, 6.45) is 7.46. The summed E-state index contributed by atoms with van der Waals surface area (Å²) >= 11 is 0. The first-order valence-corrected chi connectivity index (χ1v) is 10.0. The Bertz CT molecular complexity index is 1020. The van der Waals surface area contributed by atoms with Crippen LogP contribution in [0.5, 0.6) is 11.5 Å². The van der Waals surface area contributed by atoms with Gasteiger partial charge in [-0.3, -0.25) is 9.69 Å². The molecule has 3 aromatic rings. The van der Waals surface area contributed by atoms with Crippen LogP contribution in [0.2, 0.25) is 0 Å². The van der Waals surface area contributed by atoms with Crippen molar-refractivity contribution in [3.8, 4) is 11.5 Å². The van der Waals surface area contributed by atoms with Crippen LogP contribution in [-0.2, 0) is 11.3 Å². The van der Waals surface area contributed by atoms with Crippen molar-refractivity contribution in [2.45, 2.75) is 6.54 Å². The predicted octanol–water partition coefficient (Wildman–Crippen LogP) is 2.71. The Morgan fingerprint density at radius 3 is 2.67 bits per heavy atom. The molecule has 30 heavy (non-hydrogen) atoms. The molecule has 1 amide bonds. The van der Waals surface area contributed by atoms with Crippen molar-refractivity contribution in [3.63, 3.8) is 0 Å². The van der Waals surface area contributed by atoms with Gasteiger partial charge in [-0.15, -0.1) is 0 Å². The molecule has 0 radical (unpaired) electrons. The first-order chi connectivity index (χ1) is 14.7. The maximum atomic E-state index is 12.6. The van der Waals surface area contributed by atoms with E-state index in [0.717, 1.165) is 42.3 Å². The quantitative estimate of drug-likeness (QED) is 0.589. The maximum Gasteiger partial charge on any atom is 0.246 e. The van der Waals surface area contributed by atoms with Gasteiger partial charge in [0.15, 0.2) is 0 Å². The number of carbonyl (C=O) groups is 1. The molecule has 156 valence electrons. The minimum atomic E-state index is 0.00672. The number of rotatable bonds is 6. The Morgan fingerprint density at radius 1 is 1.10 bits per heavy atom. The minimum Gasteiger partial charge on any atom is -0.497 e. The normalized spacial score (nSPS) is 15.1. The molecule has 1 saturated heterocycles. The highest BCUT2D eigenvalue weighted by Gasteiger charge is 2.20. The van der Waals surface area contributed by atoms with Gasteiger partial charge in [-0.2, -0.15) is 0 Å². The van der Waals surface area contributed by atoms with Crippen molar-refractivity contribution in [3.05, 3.63) is 66.1 Å². The van der Waals surface area contributed by atoms with Crippen LogP contribution in [-0.4, -0.2) is 65.5 Å². The molecule has 1 aromatic carbocycles. The monoisotopic (exact) mass is 406 g/mol. The number of ether oxygens (including phenoxy) is 2. The van der Waals surface area contributed by atoms with Gasteiger partial charge in [0, 0.05) is 56.8 Å². The molecule has 0 N–H and O–H groups in total. The van der Waals surface area contributed by atoms with Crippen LogP contribution >= 0.6 is 0 Å². The molecule has 0 unspecified atom stereocenters. The number of hydrogen-bond donors (Lipinski definition) is 0. The summed E-state index contributed by atoms with van der Waals surface area (Å²) in [6.45, 7) is 3.85. The van der Waals surface area contributed by atoms with Crippen LogP contribution in [0.4, 0.5) is 0 Å². The van der Waals surface area contributed by atoms with Crippen molar-refractivity contribution in [1.82, 2.24) is 19.2 Å². The lowest BCUT2D eigenvalue weighted by Crippen LogP contribution is -2.47. The molecule has 3 heterocycles. The topological polar surface area (TPSA) is 59.3 Å². The molecule has 1 fully saturated rings.